The van der Waals surface area contributed by atoms with Gasteiger partial charge in [-0.2, -0.15) is 0 Å². The van der Waals surface area contributed by atoms with Gasteiger partial charge in [0.2, 0.25) is 0 Å². The highest BCUT2D eigenvalue weighted by molar-refractivity contribution is 5.39. The lowest BCUT2D eigenvalue weighted by molar-refractivity contribution is 0.495. The van der Waals surface area contributed by atoms with E-state index >= 15 is 0 Å². The van der Waals surface area contributed by atoms with Crippen LogP contribution in [0.5, 0.6) is 0 Å². The summed E-state index contributed by atoms with van der Waals surface area (Å²) >= 11 is 0. The number of rotatable bonds is 2. The topological polar surface area (TPSA) is 61.0 Å². The van der Waals surface area contributed by atoms with Crippen LogP contribution in [0.4, 0.5) is 5.82 Å². The van der Waals surface area contributed by atoms with Crippen molar-refractivity contribution < 1.29 is 0 Å². The number of aromatic amines is 1. The van der Waals surface area contributed by atoms with Gasteiger partial charge >= 0.3 is 0 Å². The Morgan fingerprint density at radius 2 is 2.29 bits per heavy atom. The number of piperazine rings is 1. The van der Waals surface area contributed by atoms with E-state index in [4.69, 9.17) is 0 Å². The van der Waals surface area contributed by atoms with Crippen LogP contribution >= 0.6 is 0 Å². The van der Waals surface area contributed by atoms with Crippen LogP contribution in [0.25, 0.3) is 0 Å². The summed E-state index contributed by atoms with van der Waals surface area (Å²) in [5.41, 5.74) is -0.0653. The summed E-state index contributed by atoms with van der Waals surface area (Å²) in [5.74, 6) is 1.80. The molecule has 2 N–H and O–H groups in total. The van der Waals surface area contributed by atoms with Gasteiger partial charge in [-0.1, -0.05) is 13.8 Å². The van der Waals surface area contributed by atoms with Crippen molar-refractivity contribution in [3.05, 3.63) is 22.2 Å². The van der Waals surface area contributed by atoms with Gasteiger partial charge in [-0.05, 0) is 6.92 Å². The molecular formula is C12H20N4O. The van der Waals surface area contributed by atoms with E-state index in [0.717, 1.165) is 31.3 Å². The van der Waals surface area contributed by atoms with Gasteiger partial charge in [0.15, 0.2) is 0 Å². The molecule has 1 aliphatic rings. The standard InChI is InChI=1S/C12H20N4O/c1-8(2)12-14-10(6-11(17)15-12)16-5-4-13-7-9(16)3/h6,8-9,13H,4-5,7H2,1-3H3,(H,14,15,17). The molecular weight excluding hydrogens is 216 g/mol. The Balaban J connectivity index is 2.34. The van der Waals surface area contributed by atoms with Gasteiger partial charge in [0, 0.05) is 37.7 Å². The molecule has 0 amide bonds. The van der Waals surface area contributed by atoms with Gasteiger partial charge in [0.05, 0.1) is 0 Å². The predicted octanol–water partition coefficient (Wildman–Crippen LogP) is 0.691. The van der Waals surface area contributed by atoms with E-state index in [1.165, 1.54) is 0 Å². The average molecular weight is 236 g/mol. The summed E-state index contributed by atoms with van der Waals surface area (Å²) in [6.07, 6.45) is 0. The van der Waals surface area contributed by atoms with Gasteiger partial charge in [-0.15, -0.1) is 0 Å². The second-order valence-corrected chi connectivity index (χ2v) is 4.89. The zero-order valence-electron chi connectivity index (χ0n) is 10.7. The molecule has 1 unspecified atom stereocenters. The molecule has 2 rings (SSSR count). The van der Waals surface area contributed by atoms with Crippen LogP contribution in [0.15, 0.2) is 10.9 Å². The average Bonchev–Trinajstić information content (AvgIpc) is 2.28. The van der Waals surface area contributed by atoms with Crippen LogP contribution in [-0.4, -0.2) is 35.6 Å². The fraction of sp³-hybridized carbons (Fsp3) is 0.667. The van der Waals surface area contributed by atoms with Crippen LogP contribution in [-0.2, 0) is 0 Å². The maximum absolute atomic E-state index is 11.6. The van der Waals surface area contributed by atoms with Gasteiger partial charge in [-0.25, -0.2) is 4.98 Å². The summed E-state index contributed by atoms with van der Waals surface area (Å²) in [6.45, 7) is 8.98. The van der Waals surface area contributed by atoms with E-state index < -0.39 is 0 Å². The Labute approximate surface area is 101 Å². The van der Waals surface area contributed by atoms with Gasteiger partial charge in [0.25, 0.3) is 5.56 Å². The maximum atomic E-state index is 11.6. The number of aromatic nitrogens is 2. The van der Waals surface area contributed by atoms with Crippen molar-refractivity contribution >= 4 is 5.82 Å². The minimum Gasteiger partial charge on any atom is -0.351 e. The lowest BCUT2D eigenvalue weighted by Gasteiger charge is -2.35. The largest absolute Gasteiger partial charge is 0.351 e. The molecule has 1 aliphatic heterocycles. The molecule has 1 fully saturated rings. The highest BCUT2D eigenvalue weighted by Gasteiger charge is 2.20. The molecule has 0 saturated carbocycles. The van der Waals surface area contributed by atoms with Crippen LogP contribution in [0.2, 0.25) is 0 Å². The third-order valence-corrected chi connectivity index (χ3v) is 3.09. The molecule has 94 valence electrons. The normalized spacial score (nSPS) is 20.9. The summed E-state index contributed by atoms with van der Waals surface area (Å²) in [4.78, 5) is 21.2. The fourth-order valence-corrected chi connectivity index (χ4v) is 2.07. The third-order valence-electron chi connectivity index (χ3n) is 3.09. The second kappa shape index (κ2) is 4.87. The molecule has 5 nitrogen and oxygen atoms in total. The smallest absolute Gasteiger partial charge is 0.252 e. The number of hydrogen-bond acceptors (Lipinski definition) is 4. The van der Waals surface area contributed by atoms with E-state index in [-0.39, 0.29) is 11.5 Å². The number of hydrogen-bond donors (Lipinski definition) is 2. The summed E-state index contributed by atoms with van der Waals surface area (Å²) in [6, 6.07) is 1.96. The summed E-state index contributed by atoms with van der Waals surface area (Å²) in [7, 11) is 0. The van der Waals surface area contributed by atoms with Crippen LogP contribution in [0, 0.1) is 0 Å². The van der Waals surface area contributed by atoms with E-state index in [0.29, 0.717) is 6.04 Å². The highest BCUT2D eigenvalue weighted by Crippen LogP contribution is 2.16. The minimum atomic E-state index is -0.0653. The Bertz CT molecular complexity index is 440. The molecule has 0 aliphatic carbocycles. The van der Waals surface area contributed by atoms with Gasteiger partial charge < -0.3 is 15.2 Å². The van der Waals surface area contributed by atoms with Gasteiger partial charge in [-0.3, -0.25) is 4.79 Å². The molecule has 1 aromatic heterocycles. The van der Waals surface area contributed by atoms with Gasteiger partial charge in [0.1, 0.15) is 11.6 Å². The van der Waals surface area contributed by atoms with E-state index in [9.17, 15) is 4.79 Å². The molecule has 2 heterocycles. The van der Waals surface area contributed by atoms with Crippen molar-refractivity contribution in [3.8, 4) is 0 Å². The zero-order chi connectivity index (χ0) is 12.4. The van der Waals surface area contributed by atoms with Crippen molar-refractivity contribution in [2.45, 2.75) is 32.7 Å². The van der Waals surface area contributed by atoms with Crippen molar-refractivity contribution in [2.24, 2.45) is 0 Å². The first-order valence-corrected chi connectivity index (χ1v) is 6.16. The Hall–Kier alpha value is -1.36. The predicted molar refractivity (Wildman–Crippen MR) is 68.6 cm³/mol. The van der Waals surface area contributed by atoms with E-state index in [2.05, 4.69) is 27.1 Å². The van der Waals surface area contributed by atoms with Crippen LogP contribution < -0.4 is 15.8 Å². The number of anilines is 1. The Morgan fingerprint density at radius 3 is 2.94 bits per heavy atom. The quantitative estimate of drug-likeness (QED) is 0.793. The Kier molecular flexibility index (Phi) is 3.47. The summed E-state index contributed by atoms with van der Waals surface area (Å²) in [5, 5.41) is 3.33. The molecule has 1 atom stereocenters. The van der Waals surface area contributed by atoms with Crippen LogP contribution in [0.1, 0.15) is 32.5 Å². The molecule has 0 bridgehead atoms. The molecule has 1 aromatic rings. The van der Waals surface area contributed by atoms with E-state index in [1.807, 2.05) is 13.8 Å². The monoisotopic (exact) mass is 236 g/mol. The summed E-state index contributed by atoms with van der Waals surface area (Å²) < 4.78 is 0. The van der Waals surface area contributed by atoms with Crippen molar-refractivity contribution in [3.63, 3.8) is 0 Å². The second-order valence-electron chi connectivity index (χ2n) is 4.89. The molecule has 1 saturated heterocycles. The molecule has 0 spiro atoms. The lowest BCUT2D eigenvalue weighted by Crippen LogP contribution is -2.50. The SMILES string of the molecule is CC(C)c1nc(N2CCNCC2C)cc(=O)[nH]1. The first-order chi connectivity index (χ1) is 8.08. The number of H-pyrrole nitrogens is 1. The van der Waals surface area contributed by atoms with Crippen molar-refractivity contribution in [2.75, 3.05) is 24.5 Å². The zero-order valence-corrected chi connectivity index (χ0v) is 10.7. The maximum Gasteiger partial charge on any atom is 0.252 e. The van der Waals surface area contributed by atoms with E-state index in [1.54, 1.807) is 6.07 Å². The molecule has 17 heavy (non-hydrogen) atoms. The minimum absolute atomic E-state index is 0.0653. The number of nitrogens with zero attached hydrogens (tertiary/aromatic N) is 2. The molecule has 5 heteroatoms. The van der Waals surface area contributed by atoms with Crippen LogP contribution in [0.3, 0.4) is 0 Å². The molecule has 0 aromatic carbocycles. The fourth-order valence-electron chi connectivity index (χ4n) is 2.07. The van der Waals surface area contributed by atoms with Crippen molar-refractivity contribution in [1.29, 1.82) is 0 Å². The lowest BCUT2D eigenvalue weighted by atomic mass is 10.2. The first-order valence-electron chi connectivity index (χ1n) is 6.16. The first kappa shape index (κ1) is 12.1. The van der Waals surface area contributed by atoms with Crippen molar-refractivity contribution in [1.82, 2.24) is 15.3 Å². The highest BCUT2D eigenvalue weighted by atomic mass is 16.1. The third kappa shape index (κ3) is 2.66. The Morgan fingerprint density at radius 1 is 1.53 bits per heavy atom. The molecule has 0 radical (unpaired) electrons. The number of nitrogens with one attached hydrogen (secondary N) is 2.